The molecule has 0 aromatic rings. The Labute approximate surface area is 52.3 Å². The number of halogens is 2. The molecule has 0 nitrogen and oxygen atoms in total. The Morgan fingerprint density at radius 3 is 1.20 bits per heavy atom. The van der Waals surface area contributed by atoms with Crippen LogP contribution < -0.4 is 0 Å². The summed E-state index contributed by atoms with van der Waals surface area (Å²) < 4.78 is 0. The number of hydrogen-bond acceptors (Lipinski definition) is 0. The maximum absolute atomic E-state index is 5.05. The molecule has 0 amide bonds. The maximum Gasteiger partial charge on any atom is 0.0359 e. The first-order valence-electron chi connectivity index (χ1n) is 1.03. The van der Waals surface area contributed by atoms with Crippen LogP contribution in [0.2, 0.25) is 0 Å². The van der Waals surface area contributed by atoms with Crippen molar-refractivity contribution in [2.75, 3.05) is 11.8 Å². The molecule has 0 heterocycles. The van der Waals surface area contributed by atoms with E-state index in [9.17, 15) is 0 Å². The Kier molecular flexibility index (Phi) is 16.8. The minimum absolute atomic E-state index is 0. The number of hydrogen-bond donors (Lipinski definition) is 0. The van der Waals surface area contributed by atoms with Gasteiger partial charge >= 0.3 is 0 Å². The van der Waals surface area contributed by atoms with E-state index in [2.05, 4.69) is 0 Å². The predicted octanol–water partition coefficient (Wildman–Crippen LogP) is 1.46. The van der Waals surface area contributed by atoms with Gasteiger partial charge in [0.2, 0.25) is 0 Å². The van der Waals surface area contributed by atoms with Crippen molar-refractivity contribution in [2.45, 2.75) is 0 Å². The Morgan fingerprint density at radius 2 is 1.20 bits per heavy atom. The second kappa shape index (κ2) is 8.92. The molecule has 0 aliphatic carbocycles. The fraction of sp³-hybridized carbons (Fsp3) is 1.00. The van der Waals surface area contributed by atoms with Gasteiger partial charge in [0.05, 0.1) is 0 Å². The van der Waals surface area contributed by atoms with Crippen molar-refractivity contribution in [1.29, 1.82) is 0 Å². The molecule has 34 valence electrons. The van der Waals surface area contributed by atoms with E-state index in [1.54, 1.807) is 0 Å². The van der Waals surface area contributed by atoms with Gasteiger partial charge in [-0.2, -0.15) is 0 Å². The van der Waals surface area contributed by atoms with Crippen molar-refractivity contribution in [3.8, 4) is 0 Å². The predicted molar refractivity (Wildman–Crippen MR) is 21.4 cm³/mol. The minimum Gasteiger partial charge on any atom is -0.125 e. The molecule has 0 fully saturated rings. The summed E-state index contributed by atoms with van der Waals surface area (Å²) >= 11 is 10.1. The van der Waals surface area contributed by atoms with Gasteiger partial charge in [0.15, 0.2) is 0 Å². The first kappa shape index (κ1) is 9.44. The summed E-state index contributed by atoms with van der Waals surface area (Å²) in [6, 6.07) is 0. The largest absolute Gasteiger partial charge is 0.125 e. The van der Waals surface area contributed by atoms with Gasteiger partial charge in [-0.05, 0) is 0 Å². The molecule has 0 atom stereocenters. The standard InChI is InChI=1S/C2H4Cl2.Fe/c3-1-2-4;/h1-2H2;. The van der Waals surface area contributed by atoms with Crippen molar-refractivity contribution in [3.63, 3.8) is 0 Å². The Balaban J connectivity index is 0. The van der Waals surface area contributed by atoms with Gasteiger partial charge in [-0.25, -0.2) is 0 Å². The summed E-state index contributed by atoms with van der Waals surface area (Å²) in [5.41, 5.74) is 0. The maximum atomic E-state index is 5.05. The van der Waals surface area contributed by atoms with Gasteiger partial charge < -0.3 is 0 Å². The van der Waals surface area contributed by atoms with Gasteiger partial charge in [-0.15, -0.1) is 23.2 Å². The van der Waals surface area contributed by atoms with Crippen molar-refractivity contribution in [2.24, 2.45) is 0 Å². The van der Waals surface area contributed by atoms with Crippen molar-refractivity contribution in [1.82, 2.24) is 0 Å². The average molecular weight is 155 g/mol. The summed E-state index contributed by atoms with van der Waals surface area (Å²) in [6.07, 6.45) is 0. The molecule has 0 aromatic heterocycles. The second-order valence-corrected chi connectivity index (χ2v) is 1.13. The third-order valence-electron chi connectivity index (χ3n) is 0.0714. The Morgan fingerprint density at radius 1 is 1.00 bits per heavy atom. The zero-order valence-corrected chi connectivity index (χ0v) is 5.14. The molecule has 0 bridgehead atoms. The fourth-order valence-electron chi connectivity index (χ4n) is 0. The van der Waals surface area contributed by atoms with Crippen molar-refractivity contribution >= 4 is 23.2 Å². The van der Waals surface area contributed by atoms with Crippen LogP contribution in [-0.4, -0.2) is 11.8 Å². The molecule has 0 aliphatic heterocycles. The third kappa shape index (κ3) is 11.1. The van der Waals surface area contributed by atoms with E-state index in [0.717, 1.165) is 0 Å². The van der Waals surface area contributed by atoms with Crippen LogP contribution in [0, 0.1) is 0 Å². The third-order valence-corrected chi connectivity index (χ3v) is 0.643. The summed E-state index contributed by atoms with van der Waals surface area (Å²) in [6.45, 7) is 0. The first-order valence-corrected chi connectivity index (χ1v) is 2.10. The van der Waals surface area contributed by atoms with E-state index in [0.29, 0.717) is 11.8 Å². The molecule has 3 heteroatoms. The van der Waals surface area contributed by atoms with Crippen LogP contribution >= 0.6 is 23.2 Å². The Hall–Kier alpha value is 1.10. The van der Waals surface area contributed by atoms with Crippen LogP contribution in [0.3, 0.4) is 0 Å². The molecule has 0 unspecified atom stereocenters. The van der Waals surface area contributed by atoms with Gasteiger partial charge in [0.25, 0.3) is 0 Å². The van der Waals surface area contributed by atoms with Crippen molar-refractivity contribution < 1.29 is 17.1 Å². The van der Waals surface area contributed by atoms with E-state index in [4.69, 9.17) is 23.2 Å². The van der Waals surface area contributed by atoms with Crippen LogP contribution in [-0.2, 0) is 17.1 Å². The van der Waals surface area contributed by atoms with Crippen LogP contribution in [0.4, 0.5) is 0 Å². The summed E-state index contributed by atoms with van der Waals surface area (Å²) in [5, 5.41) is 0. The second-order valence-electron chi connectivity index (χ2n) is 0.378. The van der Waals surface area contributed by atoms with E-state index in [-0.39, 0.29) is 17.1 Å². The monoisotopic (exact) mass is 154 g/mol. The topological polar surface area (TPSA) is 0 Å². The van der Waals surface area contributed by atoms with Gasteiger partial charge in [-0.3, -0.25) is 0 Å². The molecule has 0 saturated carbocycles. The zero-order chi connectivity index (χ0) is 3.41. The normalized spacial score (nSPS) is 6.00. The number of alkyl halides is 2. The molecule has 0 rings (SSSR count). The van der Waals surface area contributed by atoms with Gasteiger partial charge in [-0.1, -0.05) is 0 Å². The molecule has 0 N–H and O–H groups in total. The molecule has 0 radical (unpaired) electrons. The van der Waals surface area contributed by atoms with Crippen LogP contribution in [0.5, 0.6) is 0 Å². The molecule has 0 aliphatic rings. The molecular weight excluding hydrogens is 151 g/mol. The number of rotatable bonds is 1. The van der Waals surface area contributed by atoms with Crippen LogP contribution in [0.15, 0.2) is 0 Å². The minimum atomic E-state index is 0. The first-order chi connectivity index (χ1) is 1.91. The van der Waals surface area contributed by atoms with Crippen LogP contribution in [0.25, 0.3) is 0 Å². The molecule has 5 heavy (non-hydrogen) atoms. The molecule has 0 saturated heterocycles. The summed E-state index contributed by atoms with van der Waals surface area (Å²) in [7, 11) is 0. The SMILES string of the molecule is ClCCCl.[Fe]. The Bertz CT molecular complexity index is 9.61. The molecule has 0 aromatic carbocycles. The zero-order valence-electron chi connectivity index (χ0n) is 2.52. The van der Waals surface area contributed by atoms with E-state index < -0.39 is 0 Å². The van der Waals surface area contributed by atoms with Crippen LogP contribution in [0.1, 0.15) is 0 Å². The molecular formula is C2H4Cl2Fe. The van der Waals surface area contributed by atoms with Gasteiger partial charge in [0.1, 0.15) is 0 Å². The summed E-state index contributed by atoms with van der Waals surface area (Å²) in [5.74, 6) is 1.11. The van der Waals surface area contributed by atoms with E-state index in [1.165, 1.54) is 0 Å². The van der Waals surface area contributed by atoms with E-state index in [1.807, 2.05) is 0 Å². The average Bonchev–Trinajstić information content (AvgIpc) is 1.37. The quantitative estimate of drug-likeness (QED) is 0.397. The summed E-state index contributed by atoms with van der Waals surface area (Å²) in [4.78, 5) is 0. The van der Waals surface area contributed by atoms with Gasteiger partial charge in [0, 0.05) is 28.8 Å². The van der Waals surface area contributed by atoms with Crippen molar-refractivity contribution in [3.05, 3.63) is 0 Å². The smallest absolute Gasteiger partial charge is 0.0359 e. The van der Waals surface area contributed by atoms with E-state index >= 15 is 0 Å². The molecule has 0 spiro atoms. The fourth-order valence-corrected chi connectivity index (χ4v) is 0.